The molecule has 2 rings (SSSR count). The van der Waals surface area contributed by atoms with Gasteiger partial charge in [0.1, 0.15) is 5.52 Å². The largest absolute Gasteiger partial charge is 0.435 e. The van der Waals surface area contributed by atoms with E-state index in [-0.39, 0.29) is 11.1 Å². The standard InChI is InChI=1S/C9H8F2N2O/c1-9(10,11)8-13-7-5(12)3-2-4-6(7)14-8/h2-4H,12H2,1H3. The van der Waals surface area contributed by atoms with Crippen molar-refractivity contribution in [2.75, 3.05) is 5.73 Å². The average molecular weight is 198 g/mol. The average Bonchev–Trinajstić information content (AvgIpc) is 2.48. The second-order valence-electron chi connectivity index (χ2n) is 3.10. The molecule has 0 aliphatic heterocycles. The summed E-state index contributed by atoms with van der Waals surface area (Å²) in [4.78, 5) is 3.64. The molecule has 0 amide bonds. The molecule has 0 aliphatic carbocycles. The van der Waals surface area contributed by atoms with E-state index in [0.29, 0.717) is 5.69 Å². The zero-order chi connectivity index (χ0) is 10.3. The minimum Gasteiger partial charge on any atom is -0.435 e. The van der Waals surface area contributed by atoms with Crippen molar-refractivity contribution in [3.63, 3.8) is 0 Å². The summed E-state index contributed by atoms with van der Waals surface area (Å²) in [5, 5.41) is 0. The van der Waals surface area contributed by atoms with Crippen LogP contribution in [0.4, 0.5) is 14.5 Å². The van der Waals surface area contributed by atoms with Gasteiger partial charge in [0.15, 0.2) is 5.58 Å². The number of alkyl halides is 2. The van der Waals surface area contributed by atoms with Gasteiger partial charge in [0, 0.05) is 6.92 Å². The van der Waals surface area contributed by atoms with E-state index in [2.05, 4.69) is 4.98 Å². The lowest BCUT2D eigenvalue weighted by atomic mass is 10.3. The van der Waals surface area contributed by atoms with Gasteiger partial charge < -0.3 is 10.2 Å². The van der Waals surface area contributed by atoms with Gasteiger partial charge in [0.05, 0.1) is 5.69 Å². The Morgan fingerprint density at radius 1 is 1.43 bits per heavy atom. The highest BCUT2D eigenvalue weighted by Gasteiger charge is 2.31. The number of rotatable bonds is 1. The van der Waals surface area contributed by atoms with Crippen LogP contribution in [0.5, 0.6) is 0 Å². The molecule has 2 N–H and O–H groups in total. The molecule has 1 heterocycles. The van der Waals surface area contributed by atoms with E-state index in [4.69, 9.17) is 10.2 Å². The number of aromatic nitrogens is 1. The van der Waals surface area contributed by atoms with Gasteiger partial charge in [-0.3, -0.25) is 0 Å². The van der Waals surface area contributed by atoms with Crippen LogP contribution < -0.4 is 5.73 Å². The van der Waals surface area contributed by atoms with Crippen LogP contribution >= 0.6 is 0 Å². The van der Waals surface area contributed by atoms with E-state index in [1.54, 1.807) is 18.2 Å². The number of nitrogens with zero attached hydrogens (tertiary/aromatic N) is 1. The topological polar surface area (TPSA) is 52.0 Å². The molecule has 74 valence electrons. The summed E-state index contributed by atoms with van der Waals surface area (Å²) in [6.45, 7) is 0.730. The first kappa shape index (κ1) is 8.93. The summed E-state index contributed by atoms with van der Waals surface area (Å²) in [5.74, 6) is -3.68. The van der Waals surface area contributed by atoms with Gasteiger partial charge >= 0.3 is 5.92 Å². The number of anilines is 1. The van der Waals surface area contributed by atoms with Crippen LogP contribution in [-0.2, 0) is 5.92 Å². The van der Waals surface area contributed by atoms with Gasteiger partial charge in [-0.2, -0.15) is 8.78 Å². The van der Waals surface area contributed by atoms with Gasteiger partial charge in [-0.15, -0.1) is 0 Å². The molecule has 3 nitrogen and oxygen atoms in total. The molecule has 0 atom stereocenters. The molecule has 1 aromatic heterocycles. The smallest absolute Gasteiger partial charge is 0.319 e. The Morgan fingerprint density at radius 3 is 2.71 bits per heavy atom. The zero-order valence-electron chi connectivity index (χ0n) is 7.42. The van der Waals surface area contributed by atoms with Crippen molar-refractivity contribution in [1.82, 2.24) is 4.98 Å². The molecular formula is C9H8F2N2O. The van der Waals surface area contributed by atoms with Crippen molar-refractivity contribution in [2.24, 2.45) is 0 Å². The number of nitrogen functional groups attached to an aromatic ring is 1. The summed E-state index contributed by atoms with van der Waals surface area (Å²) in [6.07, 6.45) is 0. The van der Waals surface area contributed by atoms with E-state index in [1.807, 2.05) is 0 Å². The van der Waals surface area contributed by atoms with Crippen molar-refractivity contribution >= 4 is 16.8 Å². The van der Waals surface area contributed by atoms with Crippen molar-refractivity contribution < 1.29 is 13.2 Å². The van der Waals surface area contributed by atoms with E-state index in [0.717, 1.165) is 6.92 Å². The minimum atomic E-state index is -3.08. The van der Waals surface area contributed by atoms with E-state index < -0.39 is 11.8 Å². The predicted octanol–water partition coefficient (Wildman–Crippen LogP) is 2.52. The lowest BCUT2D eigenvalue weighted by Crippen LogP contribution is -2.06. The SMILES string of the molecule is CC(F)(F)c1nc2c(N)cccc2o1. The molecule has 0 saturated heterocycles. The van der Waals surface area contributed by atoms with Crippen LogP contribution in [0.1, 0.15) is 12.8 Å². The van der Waals surface area contributed by atoms with Gasteiger partial charge in [0.25, 0.3) is 5.89 Å². The van der Waals surface area contributed by atoms with Crippen LogP contribution in [0.25, 0.3) is 11.1 Å². The first-order valence-electron chi connectivity index (χ1n) is 4.02. The molecule has 0 unspecified atom stereocenters. The van der Waals surface area contributed by atoms with Crippen LogP contribution in [0, 0.1) is 0 Å². The van der Waals surface area contributed by atoms with Crippen molar-refractivity contribution in [1.29, 1.82) is 0 Å². The Bertz CT molecular complexity index is 473. The van der Waals surface area contributed by atoms with Crippen molar-refractivity contribution in [3.8, 4) is 0 Å². The Morgan fingerprint density at radius 2 is 2.14 bits per heavy atom. The summed E-state index contributed by atoms with van der Waals surface area (Å²) in [6, 6.07) is 4.76. The summed E-state index contributed by atoms with van der Waals surface area (Å²) in [7, 11) is 0. The molecule has 0 saturated carbocycles. The fraction of sp³-hybridized carbons (Fsp3) is 0.222. The van der Waals surface area contributed by atoms with Gasteiger partial charge in [-0.25, -0.2) is 4.98 Å². The highest BCUT2D eigenvalue weighted by atomic mass is 19.3. The van der Waals surface area contributed by atoms with E-state index >= 15 is 0 Å². The molecular weight excluding hydrogens is 190 g/mol. The summed E-state index contributed by atoms with van der Waals surface area (Å²) >= 11 is 0. The fourth-order valence-corrected chi connectivity index (χ4v) is 1.16. The van der Waals surface area contributed by atoms with Gasteiger partial charge in [-0.05, 0) is 12.1 Å². The third-order valence-electron chi connectivity index (χ3n) is 1.83. The monoisotopic (exact) mass is 198 g/mol. The molecule has 0 radical (unpaired) electrons. The molecule has 14 heavy (non-hydrogen) atoms. The number of hydrogen-bond donors (Lipinski definition) is 1. The summed E-state index contributed by atoms with van der Waals surface area (Å²) < 4.78 is 30.5. The van der Waals surface area contributed by atoms with Crippen LogP contribution in [-0.4, -0.2) is 4.98 Å². The molecule has 0 spiro atoms. The highest BCUT2D eigenvalue weighted by molar-refractivity contribution is 5.85. The number of para-hydroxylation sites is 1. The van der Waals surface area contributed by atoms with E-state index in [9.17, 15) is 8.78 Å². The molecule has 1 aromatic carbocycles. The maximum absolute atomic E-state index is 12.8. The number of nitrogens with two attached hydrogens (primary N) is 1. The number of hydrogen-bond acceptors (Lipinski definition) is 3. The fourth-order valence-electron chi connectivity index (χ4n) is 1.16. The molecule has 0 bridgehead atoms. The zero-order valence-corrected chi connectivity index (χ0v) is 7.42. The highest BCUT2D eigenvalue weighted by Crippen LogP contribution is 2.30. The predicted molar refractivity (Wildman–Crippen MR) is 48.0 cm³/mol. The maximum atomic E-state index is 12.8. The lowest BCUT2D eigenvalue weighted by molar-refractivity contribution is -0.00937. The van der Waals surface area contributed by atoms with Crippen LogP contribution in [0.15, 0.2) is 22.6 Å². The van der Waals surface area contributed by atoms with Gasteiger partial charge in [0.2, 0.25) is 0 Å². The molecule has 0 aliphatic rings. The van der Waals surface area contributed by atoms with E-state index in [1.165, 1.54) is 0 Å². The van der Waals surface area contributed by atoms with Crippen molar-refractivity contribution in [2.45, 2.75) is 12.8 Å². The Balaban J connectivity index is 2.69. The maximum Gasteiger partial charge on any atom is 0.319 e. The number of oxazole rings is 1. The Hall–Kier alpha value is -1.65. The van der Waals surface area contributed by atoms with Crippen LogP contribution in [0.3, 0.4) is 0 Å². The normalized spacial score (nSPS) is 12.2. The second kappa shape index (κ2) is 2.67. The molecule has 2 aromatic rings. The third kappa shape index (κ3) is 1.30. The first-order valence-corrected chi connectivity index (χ1v) is 4.02. The quantitative estimate of drug-likeness (QED) is 0.716. The third-order valence-corrected chi connectivity index (χ3v) is 1.83. The Kier molecular flexibility index (Phi) is 1.70. The Labute approximate surface area is 78.5 Å². The summed E-state index contributed by atoms with van der Waals surface area (Å²) in [5.41, 5.74) is 6.44. The lowest BCUT2D eigenvalue weighted by Gasteiger charge is -2.02. The minimum absolute atomic E-state index is 0.279. The van der Waals surface area contributed by atoms with Crippen molar-refractivity contribution in [3.05, 3.63) is 24.1 Å². The number of halogens is 2. The molecule has 0 fully saturated rings. The molecule has 5 heteroatoms. The first-order chi connectivity index (χ1) is 6.48. The number of fused-ring (bicyclic) bond motifs is 1. The van der Waals surface area contributed by atoms with Gasteiger partial charge in [-0.1, -0.05) is 6.07 Å². The second-order valence-corrected chi connectivity index (χ2v) is 3.10. The van der Waals surface area contributed by atoms with Crippen LogP contribution in [0.2, 0.25) is 0 Å². The number of benzene rings is 1.